The molecule has 0 aromatic heterocycles. The molecule has 1 aromatic carbocycles. The number of nitrogens with zero attached hydrogens (tertiary/aromatic N) is 1. The predicted octanol–water partition coefficient (Wildman–Crippen LogP) is 1.83. The van der Waals surface area contributed by atoms with Crippen LogP contribution < -0.4 is 0 Å². The number of rotatable bonds is 5. The lowest BCUT2D eigenvalue weighted by atomic mass is 10.1. The van der Waals surface area contributed by atoms with Crippen molar-refractivity contribution in [3.8, 4) is 0 Å². The minimum atomic E-state index is -3.54. The molecule has 5 nitrogen and oxygen atoms in total. The molecule has 0 aliphatic carbocycles. The van der Waals surface area contributed by atoms with Crippen LogP contribution in [0.2, 0.25) is 0 Å². The Labute approximate surface area is 126 Å². The molecule has 1 aromatic rings. The number of fused-ring (bicyclic) bond motifs is 1. The average molecular weight is 331 g/mol. The smallest absolute Gasteiger partial charge is 0.224 e. The summed E-state index contributed by atoms with van der Waals surface area (Å²) in [5.74, 6) is 0.141. The van der Waals surface area contributed by atoms with Crippen molar-refractivity contribution >= 4 is 19.9 Å². The highest BCUT2D eigenvalue weighted by Crippen LogP contribution is 2.28. The van der Waals surface area contributed by atoms with Crippen molar-refractivity contribution in [3.05, 3.63) is 23.8 Å². The maximum atomic E-state index is 12.5. The minimum Gasteiger partial charge on any atom is -0.224 e. The number of hydrogen-bond donors (Lipinski definition) is 0. The maximum Gasteiger partial charge on any atom is 0.242 e. The molecule has 2 rings (SSSR count). The van der Waals surface area contributed by atoms with Crippen molar-refractivity contribution in [2.24, 2.45) is 0 Å². The number of aryl methyl sites for hydroxylation is 1. The van der Waals surface area contributed by atoms with Crippen LogP contribution >= 0.6 is 0 Å². The van der Waals surface area contributed by atoms with Crippen LogP contribution in [-0.4, -0.2) is 40.5 Å². The summed E-state index contributed by atoms with van der Waals surface area (Å²) in [4.78, 5) is 0.459. The summed E-state index contributed by atoms with van der Waals surface area (Å²) < 4.78 is 50.2. The van der Waals surface area contributed by atoms with Crippen LogP contribution in [0.5, 0.6) is 0 Å². The molecule has 21 heavy (non-hydrogen) atoms. The maximum absolute atomic E-state index is 12.5. The molecule has 1 aliphatic heterocycles. The molecule has 1 heterocycles. The van der Waals surface area contributed by atoms with Crippen molar-refractivity contribution in [1.82, 2.24) is 4.31 Å². The molecule has 0 unspecified atom stereocenters. The van der Waals surface area contributed by atoms with Gasteiger partial charge in [0.2, 0.25) is 10.0 Å². The number of benzene rings is 1. The van der Waals surface area contributed by atoms with Crippen LogP contribution in [0.3, 0.4) is 0 Å². The first-order valence-electron chi connectivity index (χ1n) is 7.11. The van der Waals surface area contributed by atoms with E-state index >= 15 is 0 Å². The third kappa shape index (κ3) is 3.30. The lowest BCUT2D eigenvalue weighted by Gasteiger charge is -2.20. The van der Waals surface area contributed by atoms with Gasteiger partial charge in [0.25, 0.3) is 0 Å². The van der Waals surface area contributed by atoms with E-state index in [-0.39, 0.29) is 15.5 Å². The summed E-state index contributed by atoms with van der Waals surface area (Å²) in [5, 5.41) is 0. The molecule has 0 spiro atoms. The first-order chi connectivity index (χ1) is 9.79. The zero-order chi connectivity index (χ0) is 15.7. The molecule has 7 heteroatoms. The zero-order valence-electron chi connectivity index (χ0n) is 12.4. The van der Waals surface area contributed by atoms with E-state index in [1.165, 1.54) is 22.5 Å². The van der Waals surface area contributed by atoms with Gasteiger partial charge in [0.15, 0.2) is 9.84 Å². The Kier molecular flexibility index (Phi) is 4.75. The highest BCUT2D eigenvalue weighted by Gasteiger charge is 2.27. The summed E-state index contributed by atoms with van der Waals surface area (Å²) >= 11 is 0. The van der Waals surface area contributed by atoms with Gasteiger partial charge in [-0.1, -0.05) is 13.3 Å². The molecule has 0 N–H and O–H groups in total. The number of hydrogen-bond acceptors (Lipinski definition) is 4. The lowest BCUT2D eigenvalue weighted by Crippen LogP contribution is -2.28. The van der Waals surface area contributed by atoms with Crippen molar-refractivity contribution < 1.29 is 16.8 Å². The lowest BCUT2D eigenvalue weighted by molar-refractivity contribution is 0.459. The number of sulfonamides is 1. The molecule has 118 valence electrons. The molecule has 0 fully saturated rings. The summed E-state index contributed by atoms with van der Waals surface area (Å²) in [5.41, 5.74) is 0.617. The van der Waals surface area contributed by atoms with E-state index in [0.717, 1.165) is 12.8 Å². The van der Waals surface area contributed by atoms with E-state index < -0.39 is 19.9 Å². The van der Waals surface area contributed by atoms with E-state index in [2.05, 4.69) is 0 Å². The van der Waals surface area contributed by atoms with E-state index in [1.807, 2.05) is 6.92 Å². The number of unbranched alkanes of at least 4 members (excludes halogenated alkanes) is 1. The SMILES string of the molecule is CCCCN(C)S(=O)(=O)c1ccc2c(c1)CCCS2(=O)=O. The quantitative estimate of drug-likeness (QED) is 0.825. The van der Waals surface area contributed by atoms with Gasteiger partial charge in [-0.15, -0.1) is 0 Å². The van der Waals surface area contributed by atoms with E-state index in [4.69, 9.17) is 0 Å². The van der Waals surface area contributed by atoms with Crippen molar-refractivity contribution in [2.45, 2.75) is 42.4 Å². The first-order valence-corrected chi connectivity index (χ1v) is 10.2. The molecule has 0 amide bonds. The van der Waals surface area contributed by atoms with Gasteiger partial charge in [-0.05, 0) is 43.0 Å². The van der Waals surface area contributed by atoms with Crippen LogP contribution in [0.25, 0.3) is 0 Å². The van der Waals surface area contributed by atoms with E-state index in [0.29, 0.717) is 24.9 Å². The standard InChI is InChI=1S/C14H21NO4S2/c1-3-4-9-15(2)21(18,19)13-7-8-14-12(11-13)6-5-10-20(14,16)17/h7-8,11H,3-6,9-10H2,1-2H3. The monoisotopic (exact) mass is 331 g/mol. The summed E-state index contributed by atoms with van der Waals surface area (Å²) in [6.45, 7) is 2.47. The summed E-state index contributed by atoms with van der Waals surface area (Å²) in [7, 11) is -5.23. The van der Waals surface area contributed by atoms with Gasteiger partial charge in [-0.3, -0.25) is 0 Å². The van der Waals surface area contributed by atoms with Gasteiger partial charge < -0.3 is 0 Å². The largest absolute Gasteiger partial charge is 0.242 e. The Bertz CT molecular complexity index is 723. The Morgan fingerprint density at radius 2 is 2.00 bits per heavy atom. The van der Waals surface area contributed by atoms with Gasteiger partial charge in [0.1, 0.15) is 0 Å². The highest BCUT2D eigenvalue weighted by molar-refractivity contribution is 7.91. The number of sulfone groups is 1. The van der Waals surface area contributed by atoms with E-state index in [1.54, 1.807) is 7.05 Å². The van der Waals surface area contributed by atoms with Crippen LogP contribution in [0, 0.1) is 0 Å². The fourth-order valence-corrected chi connectivity index (χ4v) is 5.30. The average Bonchev–Trinajstić information content (AvgIpc) is 2.43. The third-order valence-corrected chi connectivity index (χ3v) is 7.51. The molecule has 1 aliphatic rings. The van der Waals surface area contributed by atoms with Gasteiger partial charge in [-0.2, -0.15) is 0 Å². The second-order valence-corrected chi connectivity index (χ2v) is 9.49. The van der Waals surface area contributed by atoms with Gasteiger partial charge >= 0.3 is 0 Å². The minimum absolute atomic E-state index is 0.141. The second kappa shape index (κ2) is 6.06. The van der Waals surface area contributed by atoms with Crippen molar-refractivity contribution in [1.29, 1.82) is 0 Å². The van der Waals surface area contributed by atoms with Crippen LogP contribution in [0.15, 0.2) is 28.0 Å². The Balaban J connectivity index is 2.38. The Hall–Kier alpha value is -0.920. The molecule has 0 radical (unpaired) electrons. The van der Waals surface area contributed by atoms with Crippen LogP contribution in [0.4, 0.5) is 0 Å². The Morgan fingerprint density at radius 1 is 1.29 bits per heavy atom. The topological polar surface area (TPSA) is 71.5 Å². The fraction of sp³-hybridized carbons (Fsp3) is 0.571. The van der Waals surface area contributed by atoms with Gasteiger partial charge in [-0.25, -0.2) is 21.1 Å². The first kappa shape index (κ1) is 16.5. The fourth-order valence-electron chi connectivity index (χ4n) is 2.46. The zero-order valence-corrected chi connectivity index (χ0v) is 14.0. The van der Waals surface area contributed by atoms with Gasteiger partial charge in [0, 0.05) is 13.6 Å². The van der Waals surface area contributed by atoms with Crippen molar-refractivity contribution in [2.75, 3.05) is 19.3 Å². The molecule has 0 bridgehead atoms. The summed E-state index contributed by atoms with van der Waals surface area (Å²) in [6, 6.07) is 4.35. The molecule has 0 atom stereocenters. The predicted molar refractivity (Wildman–Crippen MR) is 81.5 cm³/mol. The second-order valence-electron chi connectivity index (χ2n) is 5.37. The van der Waals surface area contributed by atoms with Crippen molar-refractivity contribution in [3.63, 3.8) is 0 Å². The normalized spacial score (nSPS) is 17.7. The summed E-state index contributed by atoms with van der Waals surface area (Å²) in [6.07, 6.45) is 2.87. The van der Waals surface area contributed by atoms with Crippen LogP contribution in [-0.2, 0) is 26.3 Å². The molecule has 0 saturated carbocycles. The van der Waals surface area contributed by atoms with E-state index in [9.17, 15) is 16.8 Å². The highest BCUT2D eigenvalue weighted by atomic mass is 32.2. The molecular formula is C14H21NO4S2. The third-order valence-electron chi connectivity index (χ3n) is 3.76. The van der Waals surface area contributed by atoms with Crippen LogP contribution in [0.1, 0.15) is 31.7 Å². The Morgan fingerprint density at radius 3 is 2.67 bits per heavy atom. The molecule has 0 saturated heterocycles. The van der Waals surface area contributed by atoms with Gasteiger partial charge in [0.05, 0.1) is 15.5 Å². The molecular weight excluding hydrogens is 310 g/mol.